The fourth-order valence-corrected chi connectivity index (χ4v) is 1.50. The lowest BCUT2D eigenvalue weighted by Gasteiger charge is -2.13. The van der Waals surface area contributed by atoms with Crippen molar-refractivity contribution in [3.63, 3.8) is 0 Å². The van der Waals surface area contributed by atoms with E-state index >= 15 is 0 Å². The molecule has 0 saturated heterocycles. The molecule has 0 spiro atoms. The molecule has 1 atom stereocenters. The SMILES string of the molecule is CCC(CNC)Cc1cccnc1. The van der Waals surface area contributed by atoms with Crippen LogP contribution in [0.2, 0.25) is 0 Å². The van der Waals surface area contributed by atoms with E-state index in [9.17, 15) is 0 Å². The van der Waals surface area contributed by atoms with Crippen molar-refractivity contribution in [1.29, 1.82) is 0 Å². The van der Waals surface area contributed by atoms with Crippen molar-refractivity contribution in [2.24, 2.45) is 5.92 Å². The number of nitrogens with one attached hydrogen (secondary N) is 1. The van der Waals surface area contributed by atoms with Crippen molar-refractivity contribution < 1.29 is 0 Å². The van der Waals surface area contributed by atoms with E-state index in [1.165, 1.54) is 12.0 Å². The smallest absolute Gasteiger partial charge is 0.0299 e. The quantitative estimate of drug-likeness (QED) is 0.744. The van der Waals surface area contributed by atoms with E-state index in [1.807, 2.05) is 25.5 Å². The zero-order valence-electron chi connectivity index (χ0n) is 8.46. The van der Waals surface area contributed by atoms with Crippen molar-refractivity contribution in [2.45, 2.75) is 19.8 Å². The van der Waals surface area contributed by atoms with Crippen LogP contribution in [0.3, 0.4) is 0 Å². The Balaban J connectivity index is 2.46. The predicted molar refractivity (Wildman–Crippen MR) is 55.6 cm³/mol. The van der Waals surface area contributed by atoms with Gasteiger partial charge in [0.1, 0.15) is 0 Å². The second kappa shape index (κ2) is 5.70. The van der Waals surface area contributed by atoms with E-state index in [0.717, 1.165) is 18.9 Å². The molecular formula is C11H18N2. The molecule has 1 unspecified atom stereocenters. The average molecular weight is 178 g/mol. The second-order valence-electron chi connectivity index (χ2n) is 3.40. The predicted octanol–water partition coefficient (Wildman–Crippen LogP) is 1.87. The van der Waals surface area contributed by atoms with Crippen LogP contribution in [0.1, 0.15) is 18.9 Å². The van der Waals surface area contributed by atoms with E-state index < -0.39 is 0 Å². The molecule has 0 aliphatic heterocycles. The van der Waals surface area contributed by atoms with Crippen molar-refractivity contribution in [1.82, 2.24) is 10.3 Å². The summed E-state index contributed by atoms with van der Waals surface area (Å²) in [7, 11) is 2.01. The molecule has 1 heterocycles. The fraction of sp³-hybridized carbons (Fsp3) is 0.545. The number of aromatic nitrogens is 1. The lowest BCUT2D eigenvalue weighted by Crippen LogP contribution is -2.20. The van der Waals surface area contributed by atoms with E-state index in [-0.39, 0.29) is 0 Å². The van der Waals surface area contributed by atoms with Crippen LogP contribution in [0.25, 0.3) is 0 Å². The van der Waals surface area contributed by atoms with Crippen LogP contribution in [-0.2, 0) is 6.42 Å². The molecule has 1 N–H and O–H groups in total. The summed E-state index contributed by atoms with van der Waals surface area (Å²) in [5.41, 5.74) is 1.34. The zero-order valence-corrected chi connectivity index (χ0v) is 8.46. The summed E-state index contributed by atoms with van der Waals surface area (Å²) in [6, 6.07) is 4.15. The summed E-state index contributed by atoms with van der Waals surface area (Å²) in [5.74, 6) is 0.731. The monoisotopic (exact) mass is 178 g/mol. The van der Waals surface area contributed by atoms with Crippen molar-refractivity contribution >= 4 is 0 Å². The van der Waals surface area contributed by atoms with Crippen LogP contribution in [-0.4, -0.2) is 18.6 Å². The Morgan fingerprint density at radius 2 is 2.38 bits per heavy atom. The van der Waals surface area contributed by atoms with Gasteiger partial charge >= 0.3 is 0 Å². The first-order valence-corrected chi connectivity index (χ1v) is 4.90. The average Bonchev–Trinajstić information content (AvgIpc) is 2.19. The van der Waals surface area contributed by atoms with Crippen molar-refractivity contribution in [3.8, 4) is 0 Å². The number of rotatable bonds is 5. The van der Waals surface area contributed by atoms with Gasteiger partial charge in [-0.3, -0.25) is 4.98 Å². The molecule has 0 bridgehead atoms. The topological polar surface area (TPSA) is 24.9 Å². The zero-order chi connectivity index (χ0) is 9.52. The van der Waals surface area contributed by atoms with Gasteiger partial charge in [-0.25, -0.2) is 0 Å². The summed E-state index contributed by atoms with van der Waals surface area (Å²) in [5, 5.41) is 3.22. The van der Waals surface area contributed by atoms with Gasteiger partial charge in [-0.15, -0.1) is 0 Å². The minimum Gasteiger partial charge on any atom is -0.319 e. The standard InChI is InChI=1S/C11H18N2/c1-3-10(8-12-2)7-11-5-4-6-13-9-11/h4-6,9-10,12H,3,7-8H2,1-2H3. The third kappa shape index (κ3) is 3.55. The molecule has 2 nitrogen and oxygen atoms in total. The maximum absolute atomic E-state index is 4.11. The van der Waals surface area contributed by atoms with Crippen molar-refractivity contribution in [3.05, 3.63) is 30.1 Å². The molecule has 0 saturated carbocycles. The molecule has 72 valence electrons. The molecule has 1 aromatic rings. The van der Waals surface area contributed by atoms with Crippen LogP contribution in [0.4, 0.5) is 0 Å². The Bertz CT molecular complexity index is 221. The lowest BCUT2D eigenvalue weighted by atomic mass is 9.98. The Kier molecular flexibility index (Phi) is 4.47. The molecule has 0 aliphatic rings. The van der Waals surface area contributed by atoms with E-state index in [0.29, 0.717) is 0 Å². The normalized spacial score (nSPS) is 12.8. The fourth-order valence-electron chi connectivity index (χ4n) is 1.50. The largest absolute Gasteiger partial charge is 0.319 e. The van der Waals surface area contributed by atoms with Gasteiger partial charge in [-0.05, 0) is 37.6 Å². The minimum absolute atomic E-state index is 0.731. The molecule has 0 fully saturated rings. The molecule has 0 radical (unpaired) electrons. The summed E-state index contributed by atoms with van der Waals surface area (Å²) in [6.45, 7) is 3.32. The number of hydrogen-bond donors (Lipinski definition) is 1. The minimum atomic E-state index is 0.731. The Morgan fingerprint density at radius 3 is 2.92 bits per heavy atom. The molecule has 0 aromatic carbocycles. The highest BCUT2D eigenvalue weighted by atomic mass is 14.8. The molecule has 0 aliphatic carbocycles. The van der Waals surface area contributed by atoms with Crippen LogP contribution in [0, 0.1) is 5.92 Å². The van der Waals surface area contributed by atoms with E-state index in [2.05, 4.69) is 23.3 Å². The van der Waals surface area contributed by atoms with Gasteiger partial charge in [0.15, 0.2) is 0 Å². The Labute approximate surface area is 80.4 Å². The van der Waals surface area contributed by atoms with Gasteiger partial charge < -0.3 is 5.32 Å². The summed E-state index contributed by atoms with van der Waals surface area (Å²) < 4.78 is 0. The molecular weight excluding hydrogens is 160 g/mol. The van der Waals surface area contributed by atoms with Crippen LogP contribution >= 0.6 is 0 Å². The first kappa shape index (κ1) is 10.2. The molecule has 1 aromatic heterocycles. The first-order chi connectivity index (χ1) is 6.36. The highest BCUT2D eigenvalue weighted by molar-refractivity contribution is 5.09. The number of pyridine rings is 1. The number of hydrogen-bond acceptors (Lipinski definition) is 2. The summed E-state index contributed by atoms with van der Waals surface area (Å²) in [4.78, 5) is 4.11. The molecule has 2 heteroatoms. The van der Waals surface area contributed by atoms with Gasteiger partial charge in [0.05, 0.1) is 0 Å². The molecule has 13 heavy (non-hydrogen) atoms. The maximum Gasteiger partial charge on any atom is 0.0299 e. The summed E-state index contributed by atoms with van der Waals surface area (Å²) in [6.07, 6.45) is 6.13. The van der Waals surface area contributed by atoms with Crippen LogP contribution in [0.5, 0.6) is 0 Å². The number of nitrogens with zero attached hydrogens (tertiary/aromatic N) is 1. The van der Waals surface area contributed by atoms with Gasteiger partial charge in [0.2, 0.25) is 0 Å². The van der Waals surface area contributed by atoms with E-state index in [4.69, 9.17) is 0 Å². The highest BCUT2D eigenvalue weighted by Crippen LogP contribution is 2.09. The van der Waals surface area contributed by atoms with Gasteiger partial charge in [0.25, 0.3) is 0 Å². The second-order valence-corrected chi connectivity index (χ2v) is 3.40. The van der Waals surface area contributed by atoms with Gasteiger partial charge in [-0.1, -0.05) is 19.4 Å². The van der Waals surface area contributed by atoms with Crippen LogP contribution in [0.15, 0.2) is 24.5 Å². The third-order valence-corrected chi connectivity index (χ3v) is 2.32. The Morgan fingerprint density at radius 1 is 1.54 bits per heavy atom. The Hall–Kier alpha value is -0.890. The third-order valence-electron chi connectivity index (χ3n) is 2.32. The molecule has 1 rings (SSSR count). The first-order valence-electron chi connectivity index (χ1n) is 4.90. The lowest BCUT2D eigenvalue weighted by molar-refractivity contribution is 0.480. The van der Waals surface area contributed by atoms with Gasteiger partial charge in [-0.2, -0.15) is 0 Å². The van der Waals surface area contributed by atoms with E-state index in [1.54, 1.807) is 0 Å². The molecule has 0 amide bonds. The summed E-state index contributed by atoms with van der Waals surface area (Å²) >= 11 is 0. The van der Waals surface area contributed by atoms with Crippen molar-refractivity contribution in [2.75, 3.05) is 13.6 Å². The van der Waals surface area contributed by atoms with Gasteiger partial charge in [0, 0.05) is 12.4 Å². The highest BCUT2D eigenvalue weighted by Gasteiger charge is 2.05. The van der Waals surface area contributed by atoms with Crippen LogP contribution < -0.4 is 5.32 Å². The maximum atomic E-state index is 4.11.